The molecule has 1 fully saturated rings. The third-order valence-electron chi connectivity index (χ3n) is 4.13. The van der Waals surface area contributed by atoms with Crippen molar-refractivity contribution in [3.05, 3.63) is 34.9 Å². The molecule has 0 unspecified atom stereocenters. The van der Waals surface area contributed by atoms with E-state index in [4.69, 9.17) is 16.3 Å². The number of hydrogen-bond donors (Lipinski definition) is 1. The van der Waals surface area contributed by atoms with Crippen molar-refractivity contribution in [1.29, 1.82) is 0 Å². The van der Waals surface area contributed by atoms with Gasteiger partial charge >= 0.3 is 12.1 Å². The van der Waals surface area contributed by atoms with Crippen LogP contribution in [0.4, 0.5) is 9.59 Å². The van der Waals surface area contributed by atoms with E-state index in [2.05, 4.69) is 12.2 Å². The van der Waals surface area contributed by atoms with E-state index in [9.17, 15) is 9.59 Å². The van der Waals surface area contributed by atoms with Crippen LogP contribution in [-0.4, -0.2) is 61.3 Å². The number of benzene rings is 1. The third kappa shape index (κ3) is 6.46. The molecular formula is C18H26ClN3O3. The molecule has 0 aromatic heterocycles. The van der Waals surface area contributed by atoms with Crippen molar-refractivity contribution in [2.75, 3.05) is 39.3 Å². The van der Waals surface area contributed by atoms with Gasteiger partial charge in [-0.3, -0.25) is 0 Å². The molecule has 6 nitrogen and oxygen atoms in total. The van der Waals surface area contributed by atoms with Crippen LogP contribution in [0.3, 0.4) is 0 Å². The van der Waals surface area contributed by atoms with Gasteiger partial charge in [0.05, 0.1) is 6.61 Å². The second-order valence-corrected chi connectivity index (χ2v) is 6.49. The number of amides is 3. The van der Waals surface area contributed by atoms with Gasteiger partial charge in [0.1, 0.15) is 0 Å². The van der Waals surface area contributed by atoms with Crippen LogP contribution >= 0.6 is 11.6 Å². The Morgan fingerprint density at radius 3 is 2.60 bits per heavy atom. The molecule has 0 radical (unpaired) electrons. The van der Waals surface area contributed by atoms with Crippen molar-refractivity contribution in [1.82, 2.24) is 15.1 Å². The number of hydrogen-bond acceptors (Lipinski definition) is 3. The maximum atomic E-state index is 12.2. The zero-order valence-electron chi connectivity index (χ0n) is 14.7. The van der Waals surface area contributed by atoms with E-state index in [-0.39, 0.29) is 12.1 Å². The molecule has 138 valence electrons. The number of piperazine rings is 1. The van der Waals surface area contributed by atoms with E-state index >= 15 is 0 Å². The van der Waals surface area contributed by atoms with Crippen molar-refractivity contribution in [2.45, 2.75) is 26.2 Å². The molecule has 1 heterocycles. The van der Waals surface area contributed by atoms with Crippen molar-refractivity contribution in [3.63, 3.8) is 0 Å². The maximum Gasteiger partial charge on any atom is 0.409 e. The minimum Gasteiger partial charge on any atom is -0.449 e. The zero-order valence-corrected chi connectivity index (χ0v) is 15.4. The van der Waals surface area contributed by atoms with Crippen LogP contribution in [0.2, 0.25) is 5.02 Å². The zero-order chi connectivity index (χ0) is 18.1. The van der Waals surface area contributed by atoms with E-state index in [0.29, 0.717) is 44.4 Å². The molecule has 1 aliphatic rings. The van der Waals surface area contributed by atoms with Crippen LogP contribution in [-0.2, 0) is 11.2 Å². The second kappa shape index (κ2) is 10.1. The second-order valence-electron chi connectivity index (χ2n) is 6.05. The highest BCUT2D eigenvalue weighted by Crippen LogP contribution is 2.11. The molecule has 0 saturated carbocycles. The molecule has 1 aliphatic heterocycles. The lowest BCUT2D eigenvalue weighted by Gasteiger charge is -2.34. The Morgan fingerprint density at radius 1 is 1.20 bits per heavy atom. The molecule has 0 atom stereocenters. The van der Waals surface area contributed by atoms with Gasteiger partial charge in [-0.15, -0.1) is 0 Å². The number of carbonyl (C=O) groups excluding carboxylic acids is 2. The van der Waals surface area contributed by atoms with Crippen LogP contribution in [0.1, 0.15) is 25.3 Å². The first kappa shape index (κ1) is 19.4. The molecule has 25 heavy (non-hydrogen) atoms. The van der Waals surface area contributed by atoms with Gasteiger partial charge in [-0.2, -0.15) is 0 Å². The molecule has 1 aromatic carbocycles. The first-order valence-corrected chi connectivity index (χ1v) is 9.17. The first-order valence-electron chi connectivity index (χ1n) is 8.79. The number of urea groups is 1. The lowest BCUT2D eigenvalue weighted by molar-refractivity contribution is 0.0808. The Bertz CT molecular complexity index is 574. The van der Waals surface area contributed by atoms with E-state index in [1.54, 1.807) is 9.80 Å². The molecule has 1 saturated heterocycles. The van der Waals surface area contributed by atoms with Crippen molar-refractivity contribution >= 4 is 23.7 Å². The molecule has 0 aliphatic carbocycles. The van der Waals surface area contributed by atoms with Gasteiger partial charge in [-0.05, 0) is 30.5 Å². The third-order valence-corrected chi connectivity index (χ3v) is 4.36. The fourth-order valence-corrected chi connectivity index (χ4v) is 2.82. The van der Waals surface area contributed by atoms with Crippen LogP contribution in [0.25, 0.3) is 0 Å². The summed E-state index contributed by atoms with van der Waals surface area (Å²) in [7, 11) is 0. The number of nitrogens with zero attached hydrogens (tertiary/aromatic N) is 2. The van der Waals surface area contributed by atoms with E-state index < -0.39 is 0 Å². The lowest BCUT2D eigenvalue weighted by Crippen LogP contribution is -2.53. The average molecular weight is 368 g/mol. The Balaban J connectivity index is 1.66. The fraction of sp³-hybridized carbons (Fsp3) is 0.556. The highest BCUT2D eigenvalue weighted by atomic mass is 35.5. The summed E-state index contributed by atoms with van der Waals surface area (Å²) in [4.78, 5) is 27.5. The molecular weight excluding hydrogens is 342 g/mol. The molecule has 1 N–H and O–H groups in total. The average Bonchev–Trinajstić information content (AvgIpc) is 2.62. The Kier molecular flexibility index (Phi) is 7.85. The highest BCUT2D eigenvalue weighted by Gasteiger charge is 2.24. The number of unbranched alkanes of at least 4 members (excludes halogenated alkanes) is 1. The summed E-state index contributed by atoms with van der Waals surface area (Å²) < 4.78 is 5.20. The lowest BCUT2D eigenvalue weighted by atomic mass is 10.1. The number of ether oxygens (including phenoxy) is 1. The van der Waals surface area contributed by atoms with Crippen LogP contribution in [0.15, 0.2) is 24.3 Å². The minimum atomic E-state index is -0.283. The molecule has 3 amide bonds. The number of carbonyl (C=O) groups is 2. The van der Waals surface area contributed by atoms with Gasteiger partial charge in [0.25, 0.3) is 0 Å². The summed E-state index contributed by atoms with van der Waals surface area (Å²) in [6.07, 6.45) is 2.32. The quantitative estimate of drug-likeness (QED) is 0.785. The van der Waals surface area contributed by atoms with Crippen molar-refractivity contribution < 1.29 is 14.3 Å². The molecule has 7 heteroatoms. The van der Waals surface area contributed by atoms with Gasteiger partial charge in [-0.25, -0.2) is 9.59 Å². The predicted molar refractivity (Wildman–Crippen MR) is 98.0 cm³/mol. The standard InChI is InChI=1S/C18H26ClN3O3/c1-2-3-13-25-18(24)22-11-9-21(10-12-22)17(23)20-8-7-15-5-4-6-16(19)14-15/h4-6,14H,2-3,7-13H2,1H3,(H,20,23). The minimum absolute atomic E-state index is 0.0963. The Morgan fingerprint density at radius 2 is 1.92 bits per heavy atom. The first-order chi connectivity index (χ1) is 12.1. The molecule has 2 rings (SSSR count). The van der Waals surface area contributed by atoms with Gasteiger partial charge in [0.15, 0.2) is 0 Å². The summed E-state index contributed by atoms with van der Waals surface area (Å²) >= 11 is 5.95. The Hall–Kier alpha value is -1.95. The van der Waals surface area contributed by atoms with E-state index in [1.165, 1.54) is 0 Å². The van der Waals surface area contributed by atoms with Gasteiger partial charge in [0.2, 0.25) is 0 Å². The monoisotopic (exact) mass is 367 g/mol. The van der Waals surface area contributed by atoms with Gasteiger partial charge in [0, 0.05) is 37.7 Å². The van der Waals surface area contributed by atoms with E-state index in [1.807, 2.05) is 24.3 Å². The Labute approximate surface area is 154 Å². The molecule has 0 bridgehead atoms. The highest BCUT2D eigenvalue weighted by molar-refractivity contribution is 6.30. The van der Waals surface area contributed by atoms with Crippen molar-refractivity contribution in [2.24, 2.45) is 0 Å². The number of halogens is 1. The van der Waals surface area contributed by atoms with E-state index in [0.717, 1.165) is 24.8 Å². The van der Waals surface area contributed by atoms with Crippen LogP contribution in [0, 0.1) is 0 Å². The largest absolute Gasteiger partial charge is 0.449 e. The summed E-state index contributed by atoms with van der Waals surface area (Å²) in [5.74, 6) is 0. The molecule has 1 aromatic rings. The summed E-state index contributed by atoms with van der Waals surface area (Å²) in [6.45, 7) is 5.12. The van der Waals surface area contributed by atoms with Crippen molar-refractivity contribution in [3.8, 4) is 0 Å². The summed E-state index contributed by atoms with van der Waals surface area (Å²) in [5, 5.41) is 3.62. The fourth-order valence-electron chi connectivity index (χ4n) is 2.61. The SMILES string of the molecule is CCCCOC(=O)N1CCN(C(=O)NCCc2cccc(Cl)c2)CC1. The maximum absolute atomic E-state index is 12.2. The van der Waals surface area contributed by atoms with Gasteiger partial charge < -0.3 is 19.9 Å². The van der Waals surface area contributed by atoms with Gasteiger partial charge in [-0.1, -0.05) is 37.1 Å². The summed E-state index contributed by atoms with van der Waals surface area (Å²) in [5.41, 5.74) is 1.09. The smallest absolute Gasteiger partial charge is 0.409 e. The summed E-state index contributed by atoms with van der Waals surface area (Å²) in [6, 6.07) is 7.52. The topological polar surface area (TPSA) is 61.9 Å². The molecule has 0 spiro atoms. The number of rotatable bonds is 6. The number of nitrogens with one attached hydrogen (secondary N) is 1. The normalized spacial score (nSPS) is 14.3. The van der Waals surface area contributed by atoms with Crippen LogP contribution in [0.5, 0.6) is 0 Å². The van der Waals surface area contributed by atoms with Crippen LogP contribution < -0.4 is 5.32 Å². The predicted octanol–water partition coefficient (Wildman–Crippen LogP) is 3.15.